The first kappa shape index (κ1) is 15.4. The lowest BCUT2D eigenvalue weighted by atomic mass is 10.0. The molecule has 0 bridgehead atoms. The van der Waals surface area contributed by atoms with Crippen LogP contribution < -0.4 is 4.74 Å². The number of carbonyl (C=O) groups is 1. The lowest BCUT2D eigenvalue weighted by Crippen LogP contribution is -2.13. The van der Waals surface area contributed by atoms with Gasteiger partial charge in [-0.3, -0.25) is 4.79 Å². The fraction of sp³-hybridized carbons (Fsp3) is 0.588. The maximum absolute atomic E-state index is 12.4. The Bertz CT molecular complexity index is 476. The van der Waals surface area contributed by atoms with E-state index < -0.39 is 0 Å². The van der Waals surface area contributed by atoms with E-state index >= 15 is 0 Å². The van der Waals surface area contributed by atoms with Crippen LogP contribution in [0, 0.1) is 13.8 Å². The molecule has 0 radical (unpaired) electrons. The molecule has 1 aromatic carbocycles. The number of ether oxygens (including phenoxy) is 1. The summed E-state index contributed by atoms with van der Waals surface area (Å²) in [4.78, 5) is 12.4. The lowest BCUT2D eigenvalue weighted by Gasteiger charge is -2.20. The third-order valence-corrected chi connectivity index (χ3v) is 5.42. The van der Waals surface area contributed by atoms with Crippen molar-refractivity contribution in [3.05, 3.63) is 28.8 Å². The molecule has 0 unspecified atom stereocenters. The Balaban J connectivity index is 1.99. The minimum atomic E-state index is 0.254. The van der Waals surface area contributed by atoms with Crippen molar-refractivity contribution in [2.24, 2.45) is 0 Å². The second-order valence-corrected chi connectivity index (χ2v) is 6.92. The van der Waals surface area contributed by atoms with Gasteiger partial charge >= 0.3 is 0 Å². The normalized spacial score (nSPS) is 16.1. The molecule has 1 aliphatic rings. The molecule has 20 heavy (non-hydrogen) atoms. The minimum absolute atomic E-state index is 0.254. The second-order valence-electron chi connectivity index (χ2n) is 5.63. The van der Waals surface area contributed by atoms with Gasteiger partial charge in [-0.25, -0.2) is 0 Å². The van der Waals surface area contributed by atoms with E-state index in [0.29, 0.717) is 11.0 Å². The molecule has 2 nitrogen and oxygen atoms in total. The van der Waals surface area contributed by atoms with Crippen molar-refractivity contribution in [3.63, 3.8) is 0 Å². The number of hydrogen-bond acceptors (Lipinski definition) is 3. The number of rotatable bonds is 5. The van der Waals surface area contributed by atoms with E-state index in [1.54, 1.807) is 7.11 Å². The highest BCUT2D eigenvalue weighted by molar-refractivity contribution is 8.00. The largest absolute Gasteiger partial charge is 0.496 e. The Morgan fingerprint density at radius 1 is 1.20 bits per heavy atom. The smallest absolute Gasteiger partial charge is 0.173 e. The van der Waals surface area contributed by atoms with Crippen LogP contribution in [0.25, 0.3) is 0 Å². The number of Topliss-reactive ketones (excluding diaryl/α,β-unsaturated/α-hetero) is 1. The molecule has 110 valence electrons. The molecular formula is C17H24O2S. The summed E-state index contributed by atoms with van der Waals surface area (Å²) < 4.78 is 5.30. The van der Waals surface area contributed by atoms with Gasteiger partial charge in [0.1, 0.15) is 5.75 Å². The molecule has 0 N–H and O–H groups in total. The van der Waals surface area contributed by atoms with E-state index in [4.69, 9.17) is 4.74 Å². The molecule has 0 aliphatic heterocycles. The number of benzene rings is 1. The number of ketones is 1. The van der Waals surface area contributed by atoms with Gasteiger partial charge in [-0.1, -0.05) is 19.3 Å². The fourth-order valence-electron chi connectivity index (χ4n) is 2.81. The average Bonchev–Trinajstić information content (AvgIpc) is 2.47. The number of carbonyl (C=O) groups excluding carboxylic acids is 1. The van der Waals surface area contributed by atoms with Crippen LogP contribution in [-0.2, 0) is 0 Å². The SMILES string of the molecule is COc1cc(C)c(C(=O)CSC2CCCCC2)cc1C. The summed E-state index contributed by atoms with van der Waals surface area (Å²) in [6, 6.07) is 3.94. The molecule has 0 spiro atoms. The summed E-state index contributed by atoms with van der Waals surface area (Å²) in [7, 11) is 1.67. The van der Waals surface area contributed by atoms with Gasteiger partial charge in [0.25, 0.3) is 0 Å². The molecule has 0 heterocycles. The molecule has 1 fully saturated rings. The summed E-state index contributed by atoms with van der Waals surface area (Å²) in [5.41, 5.74) is 2.90. The van der Waals surface area contributed by atoms with Crippen LogP contribution >= 0.6 is 11.8 Å². The zero-order chi connectivity index (χ0) is 14.5. The highest BCUT2D eigenvalue weighted by Gasteiger charge is 2.17. The predicted molar refractivity (Wildman–Crippen MR) is 86.1 cm³/mol. The summed E-state index contributed by atoms with van der Waals surface area (Å²) in [6.45, 7) is 3.98. The molecule has 1 saturated carbocycles. The first-order valence-corrected chi connectivity index (χ1v) is 8.46. The first-order valence-electron chi connectivity index (χ1n) is 7.42. The number of aryl methyl sites for hydroxylation is 2. The summed E-state index contributed by atoms with van der Waals surface area (Å²) in [5, 5.41) is 0.687. The van der Waals surface area contributed by atoms with E-state index in [1.165, 1.54) is 32.1 Å². The molecule has 0 saturated heterocycles. The van der Waals surface area contributed by atoms with Gasteiger partial charge in [-0.2, -0.15) is 11.8 Å². The van der Waals surface area contributed by atoms with Crippen LogP contribution in [-0.4, -0.2) is 23.9 Å². The van der Waals surface area contributed by atoms with Crippen LogP contribution in [0.3, 0.4) is 0 Å². The van der Waals surface area contributed by atoms with Gasteiger partial charge in [-0.15, -0.1) is 0 Å². The van der Waals surface area contributed by atoms with Gasteiger partial charge in [-0.05, 0) is 49.9 Å². The summed E-state index contributed by atoms with van der Waals surface area (Å²) in [6.07, 6.45) is 6.57. The molecule has 0 amide bonds. The predicted octanol–water partition coefficient (Wildman–Crippen LogP) is 4.56. The average molecular weight is 292 g/mol. The Morgan fingerprint density at radius 3 is 2.55 bits per heavy atom. The van der Waals surface area contributed by atoms with Crippen molar-refractivity contribution in [1.82, 2.24) is 0 Å². The zero-order valence-corrected chi connectivity index (χ0v) is 13.5. The van der Waals surface area contributed by atoms with Crippen molar-refractivity contribution in [2.45, 2.75) is 51.2 Å². The van der Waals surface area contributed by atoms with Gasteiger partial charge in [0.15, 0.2) is 5.78 Å². The van der Waals surface area contributed by atoms with Crippen LogP contribution in [0.15, 0.2) is 12.1 Å². The van der Waals surface area contributed by atoms with Crippen LogP contribution in [0.5, 0.6) is 5.75 Å². The third-order valence-electron chi connectivity index (χ3n) is 4.04. The van der Waals surface area contributed by atoms with Crippen molar-refractivity contribution >= 4 is 17.5 Å². The maximum atomic E-state index is 12.4. The highest BCUT2D eigenvalue weighted by Crippen LogP contribution is 2.29. The molecule has 1 aliphatic carbocycles. The van der Waals surface area contributed by atoms with Crippen LogP contribution in [0.2, 0.25) is 0 Å². The van der Waals surface area contributed by atoms with Gasteiger partial charge in [0, 0.05) is 10.8 Å². The maximum Gasteiger partial charge on any atom is 0.173 e. The van der Waals surface area contributed by atoms with E-state index in [1.807, 2.05) is 37.7 Å². The van der Waals surface area contributed by atoms with Crippen molar-refractivity contribution in [3.8, 4) is 5.75 Å². The quantitative estimate of drug-likeness (QED) is 0.744. The van der Waals surface area contributed by atoms with E-state index in [2.05, 4.69) is 0 Å². The van der Waals surface area contributed by atoms with E-state index in [9.17, 15) is 4.79 Å². The van der Waals surface area contributed by atoms with Crippen LogP contribution in [0.1, 0.15) is 53.6 Å². The molecule has 0 atom stereocenters. The Kier molecular flexibility index (Phi) is 5.53. The van der Waals surface area contributed by atoms with Crippen molar-refractivity contribution in [1.29, 1.82) is 0 Å². The topological polar surface area (TPSA) is 26.3 Å². The van der Waals surface area contributed by atoms with Gasteiger partial charge < -0.3 is 4.74 Å². The van der Waals surface area contributed by atoms with E-state index in [0.717, 1.165) is 22.4 Å². The number of methoxy groups -OCH3 is 1. The Labute approximate surface area is 126 Å². The Hall–Kier alpha value is -0.960. The van der Waals surface area contributed by atoms with Gasteiger partial charge in [0.2, 0.25) is 0 Å². The molecule has 3 heteroatoms. The first-order chi connectivity index (χ1) is 9.61. The second kappa shape index (κ2) is 7.16. The zero-order valence-electron chi connectivity index (χ0n) is 12.7. The number of hydrogen-bond donors (Lipinski definition) is 0. The summed E-state index contributed by atoms with van der Waals surface area (Å²) >= 11 is 1.84. The number of thioether (sulfide) groups is 1. The highest BCUT2D eigenvalue weighted by atomic mass is 32.2. The van der Waals surface area contributed by atoms with E-state index in [-0.39, 0.29) is 5.78 Å². The fourth-order valence-corrected chi connectivity index (χ4v) is 4.02. The van der Waals surface area contributed by atoms with Crippen molar-refractivity contribution in [2.75, 3.05) is 12.9 Å². The molecule has 1 aromatic rings. The molecular weight excluding hydrogens is 268 g/mol. The standard InChI is InChI=1S/C17H24O2S/c1-12-10-17(19-3)13(2)9-15(12)16(18)11-20-14-7-5-4-6-8-14/h9-10,14H,4-8,11H2,1-3H3. The molecule has 0 aromatic heterocycles. The Morgan fingerprint density at radius 2 is 1.90 bits per heavy atom. The monoisotopic (exact) mass is 292 g/mol. The summed E-state index contributed by atoms with van der Waals surface area (Å²) in [5.74, 6) is 1.72. The van der Waals surface area contributed by atoms with Crippen molar-refractivity contribution < 1.29 is 9.53 Å². The van der Waals surface area contributed by atoms with Gasteiger partial charge in [0.05, 0.1) is 12.9 Å². The molecule has 2 rings (SSSR count). The minimum Gasteiger partial charge on any atom is -0.496 e. The third kappa shape index (κ3) is 3.78. The van der Waals surface area contributed by atoms with Crippen LogP contribution in [0.4, 0.5) is 0 Å². The lowest BCUT2D eigenvalue weighted by molar-refractivity contribution is 0.102.